The van der Waals surface area contributed by atoms with Crippen LogP contribution in [0.4, 0.5) is 0 Å². The van der Waals surface area contributed by atoms with Crippen LogP contribution in [0.5, 0.6) is 0 Å². The van der Waals surface area contributed by atoms with Crippen LogP contribution in [0.3, 0.4) is 0 Å². The van der Waals surface area contributed by atoms with Gasteiger partial charge in [0.05, 0.1) is 10.2 Å². The Morgan fingerprint density at radius 1 is 1.10 bits per heavy atom. The number of hydrogen-bond acceptors (Lipinski definition) is 9. The van der Waals surface area contributed by atoms with Crippen LogP contribution in [0.2, 0.25) is 0 Å². The van der Waals surface area contributed by atoms with E-state index in [0.29, 0.717) is 11.3 Å². The van der Waals surface area contributed by atoms with Crippen molar-refractivity contribution < 1.29 is 13.9 Å². The van der Waals surface area contributed by atoms with Gasteiger partial charge < -0.3 is 9.15 Å². The fraction of sp³-hybridized carbons (Fsp3) is 0.143. The summed E-state index contributed by atoms with van der Waals surface area (Å²) in [5, 5.41) is 10.7. The first kappa shape index (κ1) is 19.2. The van der Waals surface area contributed by atoms with Crippen molar-refractivity contribution in [1.82, 2.24) is 15.2 Å². The lowest BCUT2D eigenvalue weighted by Crippen LogP contribution is -2.06. The predicted molar refractivity (Wildman–Crippen MR) is 119 cm³/mol. The molecule has 0 atom stereocenters. The smallest absolute Gasteiger partial charge is 0.375 e. The van der Waals surface area contributed by atoms with Gasteiger partial charge in [0.15, 0.2) is 4.34 Å². The average molecular weight is 454 g/mol. The molecule has 0 aliphatic carbocycles. The minimum atomic E-state index is -0.491. The van der Waals surface area contributed by atoms with Crippen molar-refractivity contribution in [2.24, 2.45) is 0 Å². The molecule has 30 heavy (non-hydrogen) atoms. The standard InChI is InChI=1S/C21H15N3O3S3/c1-12-23-24-21(29-12)28-11-14-13-6-2-4-8-16(13)27-19(14)20(25)26-10-18-22-15-7-3-5-9-17(15)30-18/h2-9H,10-11H2,1H3. The molecule has 0 N–H and O–H groups in total. The fourth-order valence-electron chi connectivity index (χ4n) is 3.05. The van der Waals surface area contributed by atoms with Crippen molar-refractivity contribution >= 4 is 61.6 Å². The summed E-state index contributed by atoms with van der Waals surface area (Å²) in [6.45, 7) is 2.03. The molecule has 9 heteroatoms. The highest BCUT2D eigenvalue weighted by atomic mass is 32.2. The average Bonchev–Trinajstić information content (AvgIpc) is 3.46. The third-order valence-electron chi connectivity index (χ3n) is 4.40. The van der Waals surface area contributed by atoms with Crippen LogP contribution in [0.25, 0.3) is 21.2 Å². The topological polar surface area (TPSA) is 78.1 Å². The molecule has 2 aromatic carbocycles. The van der Waals surface area contributed by atoms with E-state index in [1.54, 1.807) is 0 Å². The molecule has 150 valence electrons. The number of thiazole rings is 1. The number of aryl methyl sites for hydroxylation is 1. The van der Waals surface area contributed by atoms with E-state index in [4.69, 9.17) is 9.15 Å². The van der Waals surface area contributed by atoms with Crippen molar-refractivity contribution in [2.75, 3.05) is 0 Å². The van der Waals surface area contributed by atoms with Gasteiger partial charge in [-0.1, -0.05) is 53.4 Å². The van der Waals surface area contributed by atoms with Crippen molar-refractivity contribution in [3.8, 4) is 0 Å². The van der Waals surface area contributed by atoms with Gasteiger partial charge in [0.25, 0.3) is 0 Å². The molecular weight excluding hydrogens is 438 g/mol. The quantitative estimate of drug-likeness (QED) is 0.236. The van der Waals surface area contributed by atoms with Crippen molar-refractivity contribution in [3.63, 3.8) is 0 Å². The third kappa shape index (κ3) is 3.83. The van der Waals surface area contributed by atoms with E-state index in [9.17, 15) is 4.79 Å². The molecule has 0 aliphatic heterocycles. The molecule has 5 aromatic rings. The third-order valence-corrected chi connectivity index (χ3v) is 7.40. The number of carbonyl (C=O) groups excluding carboxylic acids is 1. The molecule has 0 radical (unpaired) electrons. The van der Waals surface area contributed by atoms with Gasteiger partial charge in [0.2, 0.25) is 5.76 Å². The summed E-state index contributed by atoms with van der Waals surface area (Å²) in [5.74, 6) is 0.276. The minimum Gasteiger partial charge on any atom is -0.452 e. The predicted octanol–water partition coefficient (Wildman–Crippen LogP) is 5.85. The number of thioether (sulfide) groups is 1. The van der Waals surface area contributed by atoms with Crippen LogP contribution >= 0.6 is 34.4 Å². The summed E-state index contributed by atoms with van der Waals surface area (Å²) in [6, 6.07) is 15.5. The molecule has 6 nitrogen and oxygen atoms in total. The van der Waals surface area contributed by atoms with Crippen LogP contribution < -0.4 is 0 Å². The first-order valence-electron chi connectivity index (χ1n) is 9.12. The number of ether oxygens (including phenoxy) is 1. The first-order chi connectivity index (χ1) is 14.7. The van der Waals surface area contributed by atoms with E-state index < -0.39 is 5.97 Å². The number of rotatable bonds is 6. The second-order valence-corrected chi connectivity index (χ2v) is 9.95. The van der Waals surface area contributed by atoms with Crippen LogP contribution in [-0.2, 0) is 17.1 Å². The van der Waals surface area contributed by atoms with E-state index >= 15 is 0 Å². The highest BCUT2D eigenvalue weighted by Crippen LogP contribution is 2.33. The molecule has 0 amide bonds. The second-order valence-electron chi connectivity index (χ2n) is 6.43. The van der Waals surface area contributed by atoms with Crippen molar-refractivity contribution in [3.05, 3.63) is 69.9 Å². The number of benzene rings is 2. The molecule has 0 saturated carbocycles. The minimum absolute atomic E-state index is 0.109. The summed E-state index contributed by atoms with van der Waals surface area (Å²) in [6.07, 6.45) is 0. The highest BCUT2D eigenvalue weighted by Gasteiger charge is 2.23. The summed E-state index contributed by atoms with van der Waals surface area (Å²) in [7, 11) is 0. The lowest BCUT2D eigenvalue weighted by molar-refractivity contribution is 0.0437. The molecule has 5 rings (SSSR count). The molecule has 3 aromatic heterocycles. The SMILES string of the molecule is Cc1nnc(SCc2c(C(=O)OCc3nc4ccccc4s3)oc3ccccc23)s1. The lowest BCUT2D eigenvalue weighted by atomic mass is 10.1. The van der Waals surface area contributed by atoms with Gasteiger partial charge in [-0.2, -0.15) is 0 Å². The van der Waals surface area contributed by atoms with E-state index in [2.05, 4.69) is 15.2 Å². The van der Waals surface area contributed by atoms with Gasteiger partial charge in [0, 0.05) is 16.7 Å². The molecule has 3 heterocycles. The van der Waals surface area contributed by atoms with Gasteiger partial charge in [-0.25, -0.2) is 9.78 Å². The van der Waals surface area contributed by atoms with E-state index in [1.807, 2.05) is 55.5 Å². The molecule has 0 bridgehead atoms. The summed E-state index contributed by atoms with van der Waals surface area (Å²) < 4.78 is 13.3. The fourth-order valence-corrected chi connectivity index (χ4v) is 5.78. The molecule has 0 unspecified atom stereocenters. The van der Waals surface area contributed by atoms with Crippen LogP contribution in [0.1, 0.15) is 26.1 Å². The van der Waals surface area contributed by atoms with Crippen LogP contribution in [0, 0.1) is 6.92 Å². The Balaban J connectivity index is 1.38. The van der Waals surface area contributed by atoms with Gasteiger partial charge in [-0.3, -0.25) is 0 Å². The highest BCUT2D eigenvalue weighted by molar-refractivity contribution is 8.00. The Bertz CT molecular complexity index is 1320. The van der Waals surface area contributed by atoms with E-state index in [1.165, 1.54) is 34.4 Å². The van der Waals surface area contributed by atoms with Crippen molar-refractivity contribution in [1.29, 1.82) is 0 Å². The zero-order valence-electron chi connectivity index (χ0n) is 15.8. The molecule has 0 spiro atoms. The van der Waals surface area contributed by atoms with Crippen LogP contribution in [0.15, 0.2) is 57.3 Å². The van der Waals surface area contributed by atoms with Gasteiger partial charge >= 0.3 is 5.97 Å². The normalized spacial score (nSPS) is 11.4. The molecular formula is C21H15N3O3S3. The van der Waals surface area contributed by atoms with Crippen LogP contribution in [-0.4, -0.2) is 21.2 Å². The maximum atomic E-state index is 12.9. The van der Waals surface area contributed by atoms with Gasteiger partial charge in [0.1, 0.15) is 22.2 Å². The Labute approximate surface area is 183 Å². The van der Waals surface area contributed by atoms with E-state index in [0.717, 1.165) is 35.5 Å². The number of nitrogens with zero attached hydrogens (tertiary/aromatic N) is 3. The summed E-state index contributed by atoms with van der Waals surface area (Å²) in [4.78, 5) is 17.4. The molecule has 0 aliphatic rings. The maximum Gasteiger partial charge on any atom is 0.375 e. The molecule has 0 fully saturated rings. The Morgan fingerprint density at radius 3 is 2.77 bits per heavy atom. The van der Waals surface area contributed by atoms with Gasteiger partial charge in [-0.15, -0.1) is 21.5 Å². The number of fused-ring (bicyclic) bond motifs is 2. The van der Waals surface area contributed by atoms with E-state index in [-0.39, 0.29) is 12.4 Å². The van der Waals surface area contributed by atoms with Crippen molar-refractivity contribution in [2.45, 2.75) is 23.6 Å². The summed E-state index contributed by atoms with van der Waals surface area (Å²) >= 11 is 4.57. The monoisotopic (exact) mass is 453 g/mol. The Kier molecular flexibility index (Phi) is 5.24. The first-order valence-corrected chi connectivity index (χ1v) is 11.7. The maximum absolute atomic E-state index is 12.9. The zero-order chi connectivity index (χ0) is 20.5. The molecule has 0 saturated heterocycles. The zero-order valence-corrected chi connectivity index (χ0v) is 18.3. The number of hydrogen-bond donors (Lipinski definition) is 0. The Hall–Kier alpha value is -2.75. The number of esters is 1. The second kappa shape index (κ2) is 8.17. The largest absolute Gasteiger partial charge is 0.452 e. The Morgan fingerprint density at radius 2 is 1.93 bits per heavy atom. The number of carbonyl (C=O) groups is 1. The number of para-hydroxylation sites is 2. The summed E-state index contributed by atoms with van der Waals surface area (Å²) in [5.41, 5.74) is 2.37. The van der Waals surface area contributed by atoms with Gasteiger partial charge in [-0.05, 0) is 25.1 Å². The number of aromatic nitrogens is 3. The number of furan rings is 1. The lowest BCUT2D eigenvalue weighted by Gasteiger charge is -2.03.